The Morgan fingerprint density at radius 2 is 2.33 bits per heavy atom. The molecule has 0 saturated heterocycles. The number of hydrogen-bond acceptors (Lipinski definition) is 3. The van der Waals surface area contributed by atoms with E-state index in [9.17, 15) is 4.21 Å². The molecule has 1 heterocycles. The van der Waals surface area contributed by atoms with Gasteiger partial charge in [0, 0.05) is 35.0 Å². The largest absolute Gasteiger partial charge is 0.399 e. The van der Waals surface area contributed by atoms with Crippen molar-refractivity contribution in [3.05, 3.63) is 24.5 Å². The van der Waals surface area contributed by atoms with Gasteiger partial charge in [-0.25, -0.2) is 4.98 Å². The first kappa shape index (κ1) is 10.2. The molecular weight excluding hydrogens is 210 g/mol. The van der Waals surface area contributed by atoms with Gasteiger partial charge in [-0.1, -0.05) is 0 Å². The van der Waals surface area contributed by atoms with Crippen molar-refractivity contribution in [3.63, 3.8) is 0 Å². The number of anilines is 1. The fourth-order valence-electron chi connectivity index (χ4n) is 1.49. The van der Waals surface area contributed by atoms with Gasteiger partial charge in [-0.05, 0) is 18.2 Å². The lowest BCUT2D eigenvalue weighted by molar-refractivity contribution is 0.679. The molecule has 0 radical (unpaired) electrons. The standard InChI is InChI=1S/C10H13N3OS/c1-15(14)5-4-13-7-12-9-6-8(11)2-3-10(9)13/h2-3,6-7H,4-5,11H2,1H3. The molecule has 1 aromatic carbocycles. The van der Waals surface area contributed by atoms with E-state index in [1.807, 2.05) is 22.8 Å². The van der Waals surface area contributed by atoms with E-state index in [0.717, 1.165) is 17.6 Å². The van der Waals surface area contributed by atoms with Crippen LogP contribution < -0.4 is 5.73 Å². The summed E-state index contributed by atoms with van der Waals surface area (Å²) in [6.45, 7) is 0.726. The Labute approximate surface area is 90.6 Å². The van der Waals surface area contributed by atoms with Crippen molar-refractivity contribution in [1.29, 1.82) is 0 Å². The molecule has 4 nitrogen and oxygen atoms in total. The molecule has 1 aromatic heterocycles. The Morgan fingerprint density at radius 3 is 3.07 bits per heavy atom. The quantitative estimate of drug-likeness (QED) is 0.790. The van der Waals surface area contributed by atoms with Crippen LogP contribution in [0.15, 0.2) is 24.5 Å². The molecule has 2 N–H and O–H groups in total. The number of imidazole rings is 1. The third-order valence-electron chi connectivity index (χ3n) is 2.26. The summed E-state index contributed by atoms with van der Waals surface area (Å²) in [5, 5.41) is 0. The zero-order valence-corrected chi connectivity index (χ0v) is 9.33. The van der Waals surface area contributed by atoms with Crippen LogP contribution in [-0.4, -0.2) is 25.8 Å². The first-order chi connectivity index (χ1) is 7.16. The Kier molecular flexibility index (Phi) is 2.73. The van der Waals surface area contributed by atoms with E-state index in [1.165, 1.54) is 0 Å². The zero-order chi connectivity index (χ0) is 10.8. The van der Waals surface area contributed by atoms with E-state index in [4.69, 9.17) is 5.73 Å². The van der Waals surface area contributed by atoms with Crippen molar-refractivity contribution in [2.24, 2.45) is 0 Å². The number of nitrogen functional groups attached to an aromatic ring is 1. The first-order valence-corrected chi connectivity index (χ1v) is 6.40. The van der Waals surface area contributed by atoms with Crippen molar-refractivity contribution < 1.29 is 4.21 Å². The minimum atomic E-state index is -0.771. The second-order valence-electron chi connectivity index (χ2n) is 3.46. The van der Waals surface area contributed by atoms with Gasteiger partial charge in [-0.3, -0.25) is 4.21 Å². The fourth-order valence-corrected chi connectivity index (χ4v) is 1.94. The van der Waals surface area contributed by atoms with E-state index in [0.29, 0.717) is 11.4 Å². The fraction of sp³-hybridized carbons (Fsp3) is 0.300. The van der Waals surface area contributed by atoms with Gasteiger partial charge in [0.2, 0.25) is 0 Å². The molecule has 15 heavy (non-hydrogen) atoms. The van der Waals surface area contributed by atoms with Crippen LogP contribution in [0.4, 0.5) is 5.69 Å². The third kappa shape index (κ3) is 2.18. The number of nitrogens with two attached hydrogens (primary N) is 1. The Bertz CT molecular complexity index is 506. The highest BCUT2D eigenvalue weighted by molar-refractivity contribution is 7.84. The topological polar surface area (TPSA) is 60.9 Å². The van der Waals surface area contributed by atoms with E-state index in [-0.39, 0.29) is 0 Å². The van der Waals surface area contributed by atoms with E-state index in [1.54, 1.807) is 12.6 Å². The summed E-state index contributed by atoms with van der Waals surface area (Å²) in [7, 11) is -0.771. The number of aryl methyl sites for hydroxylation is 1. The van der Waals surface area contributed by atoms with Gasteiger partial charge in [0.05, 0.1) is 17.4 Å². The number of nitrogens with zero attached hydrogens (tertiary/aromatic N) is 2. The molecule has 2 aromatic rings. The first-order valence-electron chi connectivity index (χ1n) is 4.67. The molecule has 0 aliphatic carbocycles. The summed E-state index contributed by atoms with van der Waals surface area (Å²) >= 11 is 0. The number of aromatic nitrogens is 2. The van der Waals surface area contributed by atoms with Gasteiger partial charge in [0.25, 0.3) is 0 Å². The predicted molar refractivity (Wildman–Crippen MR) is 63.1 cm³/mol. The van der Waals surface area contributed by atoms with Crippen LogP contribution in [0.25, 0.3) is 11.0 Å². The molecule has 0 saturated carbocycles. The van der Waals surface area contributed by atoms with Crippen molar-refractivity contribution in [3.8, 4) is 0 Å². The molecule has 1 unspecified atom stereocenters. The molecule has 5 heteroatoms. The Balaban J connectivity index is 2.32. The van der Waals surface area contributed by atoms with Crippen LogP contribution in [0, 0.1) is 0 Å². The van der Waals surface area contributed by atoms with Crippen LogP contribution in [0.1, 0.15) is 0 Å². The molecule has 2 rings (SSSR count). The number of benzene rings is 1. The van der Waals surface area contributed by atoms with E-state index in [2.05, 4.69) is 4.98 Å². The van der Waals surface area contributed by atoms with Crippen molar-refractivity contribution in [2.75, 3.05) is 17.7 Å². The van der Waals surface area contributed by atoms with Crippen LogP contribution >= 0.6 is 0 Å². The zero-order valence-electron chi connectivity index (χ0n) is 8.51. The maximum absolute atomic E-state index is 11.0. The molecule has 0 amide bonds. The number of hydrogen-bond donors (Lipinski definition) is 1. The van der Waals surface area contributed by atoms with Crippen molar-refractivity contribution >= 4 is 27.5 Å². The highest BCUT2D eigenvalue weighted by Gasteiger charge is 2.02. The summed E-state index contributed by atoms with van der Waals surface area (Å²) in [6.07, 6.45) is 3.47. The van der Waals surface area contributed by atoms with Crippen molar-refractivity contribution in [2.45, 2.75) is 6.54 Å². The molecule has 0 aliphatic rings. The molecule has 0 aliphatic heterocycles. The maximum Gasteiger partial charge on any atom is 0.0958 e. The second-order valence-corrected chi connectivity index (χ2v) is 5.02. The summed E-state index contributed by atoms with van der Waals surface area (Å²) in [5.74, 6) is 0.649. The van der Waals surface area contributed by atoms with Gasteiger partial charge >= 0.3 is 0 Å². The van der Waals surface area contributed by atoms with E-state index >= 15 is 0 Å². The average molecular weight is 223 g/mol. The monoisotopic (exact) mass is 223 g/mol. The second kappa shape index (κ2) is 4.02. The Morgan fingerprint density at radius 1 is 1.53 bits per heavy atom. The Hall–Kier alpha value is -1.36. The van der Waals surface area contributed by atoms with Crippen molar-refractivity contribution in [1.82, 2.24) is 9.55 Å². The highest BCUT2D eigenvalue weighted by atomic mass is 32.2. The lowest BCUT2D eigenvalue weighted by atomic mass is 10.3. The molecular formula is C10H13N3OS. The summed E-state index contributed by atoms with van der Waals surface area (Å²) in [6, 6.07) is 5.63. The van der Waals surface area contributed by atoms with Crippen LogP contribution in [-0.2, 0) is 17.3 Å². The normalized spacial score (nSPS) is 13.1. The van der Waals surface area contributed by atoms with Gasteiger partial charge in [0.15, 0.2) is 0 Å². The van der Waals surface area contributed by atoms with Gasteiger partial charge in [-0.2, -0.15) is 0 Å². The summed E-state index contributed by atoms with van der Waals surface area (Å²) in [5.41, 5.74) is 8.29. The van der Waals surface area contributed by atoms with Gasteiger partial charge in [0.1, 0.15) is 0 Å². The van der Waals surface area contributed by atoms with Crippen LogP contribution in [0.3, 0.4) is 0 Å². The number of rotatable bonds is 3. The molecule has 80 valence electrons. The molecule has 0 bridgehead atoms. The lowest BCUT2D eigenvalue weighted by Gasteiger charge is -2.02. The molecule has 0 spiro atoms. The predicted octanol–water partition coefficient (Wildman–Crippen LogP) is 0.997. The maximum atomic E-state index is 11.0. The van der Waals surface area contributed by atoms with Crippen LogP contribution in [0.2, 0.25) is 0 Å². The van der Waals surface area contributed by atoms with Gasteiger partial charge < -0.3 is 10.3 Å². The molecule has 0 fully saturated rings. The summed E-state index contributed by atoms with van der Waals surface area (Å²) < 4.78 is 13.0. The molecule has 1 atom stereocenters. The van der Waals surface area contributed by atoms with E-state index < -0.39 is 10.8 Å². The minimum absolute atomic E-state index is 0.649. The SMILES string of the molecule is CS(=O)CCn1cnc2cc(N)ccc21. The minimum Gasteiger partial charge on any atom is -0.399 e. The number of fused-ring (bicyclic) bond motifs is 1. The van der Waals surface area contributed by atoms with Gasteiger partial charge in [-0.15, -0.1) is 0 Å². The smallest absolute Gasteiger partial charge is 0.0958 e. The average Bonchev–Trinajstić information content (AvgIpc) is 2.57. The summed E-state index contributed by atoms with van der Waals surface area (Å²) in [4.78, 5) is 4.24. The highest BCUT2D eigenvalue weighted by Crippen LogP contribution is 2.15. The third-order valence-corrected chi connectivity index (χ3v) is 3.02. The lowest BCUT2D eigenvalue weighted by Crippen LogP contribution is -2.05. The van der Waals surface area contributed by atoms with Crippen LogP contribution in [0.5, 0.6) is 0 Å².